The molecule has 20 heavy (non-hydrogen) atoms. The van der Waals surface area contributed by atoms with Gasteiger partial charge in [-0.2, -0.15) is 18.2 Å². The van der Waals surface area contributed by atoms with E-state index in [4.69, 9.17) is 4.52 Å². The van der Waals surface area contributed by atoms with Gasteiger partial charge in [0.15, 0.2) is 5.82 Å². The molecule has 0 amide bonds. The minimum atomic E-state index is -4.40. The van der Waals surface area contributed by atoms with Crippen LogP contribution in [-0.2, 0) is 12.6 Å². The van der Waals surface area contributed by atoms with Crippen molar-refractivity contribution in [2.75, 3.05) is 11.9 Å². The molecule has 0 aliphatic rings. The molecule has 1 aromatic heterocycles. The second-order valence-corrected chi connectivity index (χ2v) is 5.01. The Kier molecular flexibility index (Phi) is 4.32. The summed E-state index contributed by atoms with van der Waals surface area (Å²) in [6, 6.07) is 3.78. The van der Waals surface area contributed by atoms with E-state index in [9.17, 15) is 13.2 Å². The molecule has 1 heterocycles. The summed E-state index contributed by atoms with van der Waals surface area (Å²) in [5.74, 6) is 0.886. The summed E-state index contributed by atoms with van der Waals surface area (Å²) in [5.41, 5.74) is -0.683. The van der Waals surface area contributed by atoms with E-state index in [1.165, 1.54) is 12.1 Å². The van der Waals surface area contributed by atoms with E-state index in [0.717, 1.165) is 6.07 Å². The highest BCUT2D eigenvalue weighted by Crippen LogP contribution is 2.36. The van der Waals surface area contributed by atoms with Gasteiger partial charge in [0.05, 0.1) is 5.56 Å². The lowest BCUT2D eigenvalue weighted by Crippen LogP contribution is -2.13. The maximum atomic E-state index is 12.8. The normalized spacial score (nSPS) is 11.7. The first kappa shape index (κ1) is 14.8. The van der Waals surface area contributed by atoms with Gasteiger partial charge in [-0.25, -0.2) is 0 Å². The van der Waals surface area contributed by atoms with Crippen LogP contribution in [0.25, 0.3) is 0 Å². The van der Waals surface area contributed by atoms with Crippen molar-refractivity contribution in [1.82, 2.24) is 10.1 Å². The predicted octanol–water partition coefficient (Wildman–Crippen LogP) is 3.81. The zero-order valence-corrected chi connectivity index (χ0v) is 12.0. The van der Waals surface area contributed by atoms with Crippen LogP contribution in [-0.4, -0.2) is 16.7 Å². The molecule has 8 heteroatoms. The molecule has 2 rings (SSSR count). The highest BCUT2D eigenvalue weighted by atomic mass is 79.9. The molecule has 1 aromatic carbocycles. The second-order valence-electron chi connectivity index (χ2n) is 4.09. The molecule has 0 radical (unpaired) electrons. The number of hydrogen-bond acceptors (Lipinski definition) is 4. The predicted molar refractivity (Wildman–Crippen MR) is 70.4 cm³/mol. The molecule has 0 bridgehead atoms. The first-order chi connectivity index (χ1) is 9.36. The maximum Gasteiger partial charge on any atom is 0.418 e. The zero-order chi connectivity index (χ0) is 14.8. The van der Waals surface area contributed by atoms with E-state index in [1.807, 2.05) is 0 Å². The Morgan fingerprint density at radius 3 is 2.70 bits per heavy atom. The van der Waals surface area contributed by atoms with E-state index >= 15 is 0 Å². The zero-order valence-electron chi connectivity index (χ0n) is 10.5. The van der Waals surface area contributed by atoms with Gasteiger partial charge in [-0.05, 0) is 18.2 Å². The van der Waals surface area contributed by atoms with Gasteiger partial charge in [0, 0.05) is 30.0 Å². The summed E-state index contributed by atoms with van der Waals surface area (Å²) in [5, 5.41) is 6.42. The van der Waals surface area contributed by atoms with Crippen LogP contribution >= 0.6 is 15.9 Å². The standard InChI is InChI=1S/C12H11BrF3N3O/c1-7-18-11(19-20-7)4-5-17-10-6-8(13)2-3-9(10)12(14,15)16/h2-3,6,17H,4-5H2,1H3. The molecule has 0 atom stereocenters. The summed E-state index contributed by atoms with van der Waals surface area (Å²) in [6.07, 6.45) is -4.02. The van der Waals surface area contributed by atoms with Crippen molar-refractivity contribution in [3.63, 3.8) is 0 Å². The van der Waals surface area contributed by atoms with Gasteiger partial charge >= 0.3 is 6.18 Å². The Morgan fingerprint density at radius 2 is 2.10 bits per heavy atom. The fourth-order valence-electron chi connectivity index (χ4n) is 1.66. The van der Waals surface area contributed by atoms with Gasteiger partial charge < -0.3 is 9.84 Å². The third kappa shape index (κ3) is 3.72. The molecule has 0 unspecified atom stereocenters. The van der Waals surface area contributed by atoms with Crippen LogP contribution in [0, 0.1) is 6.92 Å². The summed E-state index contributed by atoms with van der Waals surface area (Å²) in [6.45, 7) is 1.93. The lowest BCUT2D eigenvalue weighted by Gasteiger charge is -2.14. The van der Waals surface area contributed by atoms with E-state index in [2.05, 4.69) is 31.4 Å². The quantitative estimate of drug-likeness (QED) is 0.911. The molecular formula is C12H11BrF3N3O. The lowest BCUT2D eigenvalue weighted by molar-refractivity contribution is -0.136. The summed E-state index contributed by atoms with van der Waals surface area (Å²) in [7, 11) is 0. The molecule has 0 fully saturated rings. The largest absolute Gasteiger partial charge is 0.418 e. The molecule has 0 saturated heterocycles. The van der Waals surface area contributed by atoms with Crippen molar-refractivity contribution >= 4 is 21.6 Å². The van der Waals surface area contributed by atoms with Crippen molar-refractivity contribution in [3.8, 4) is 0 Å². The van der Waals surface area contributed by atoms with Crippen molar-refractivity contribution in [1.29, 1.82) is 0 Å². The van der Waals surface area contributed by atoms with Crippen LogP contribution in [0.4, 0.5) is 18.9 Å². The van der Waals surface area contributed by atoms with E-state index < -0.39 is 11.7 Å². The number of anilines is 1. The second kappa shape index (κ2) is 5.82. The Labute approximate surface area is 121 Å². The average Bonchev–Trinajstić information content (AvgIpc) is 2.73. The smallest absolute Gasteiger partial charge is 0.384 e. The van der Waals surface area contributed by atoms with Crippen LogP contribution in [0.2, 0.25) is 0 Å². The Bertz CT molecular complexity index is 598. The first-order valence-corrected chi connectivity index (χ1v) is 6.55. The topological polar surface area (TPSA) is 51.0 Å². The minimum Gasteiger partial charge on any atom is -0.384 e. The van der Waals surface area contributed by atoms with Gasteiger partial charge in [-0.15, -0.1) is 0 Å². The highest BCUT2D eigenvalue weighted by molar-refractivity contribution is 9.10. The number of hydrogen-bond donors (Lipinski definition) is 1. The van der Waals surface area contributed by atoms with E-state index in [0.29, 0.717) is 22.6 Å². The fourth-order valence-corrected chi connectivity index (χ4v) is 2.02. The van der Waals surface area contributed by atoms with Gasteiger partial charge in [0.2, 0.25) is 5.89 Å². The van der Waals surface area contributed by atoms with Crippen molar-refractivity contribution in [2.24, 2.45) is 0 Å². The van der Waals surface area contributed by atoms with Crippen LogP contribution in [0.1, 0.15) is 17.3 Å². The number of halogens is 4. The monoisotopic (exact) mass is 349 g/mol. The van der Waals surface area contributed by atoms with E-state index in [-0.39, 0.29) is 12.2 Å². The molecule has 4 nitrogen and oxygen atoms in total. The van der Waals surface area contributed by atoms with Crippen LogP contribution in [0.15, 0.2) is 27.2 Å². The summed E-state index contributed by atoms with van der Waals surface area (Å²) >= 11 is 3.16. The lowest BCUT2D eigenvalue weighted by atomic mass is 10.1. The number of nitrogens with one attached hydrogen (secondary N) is 1. The molecule has 1 N–H and O–H groups in total. The van der Waals surface area contributed by atoms with Gasteiger partial charge in [-0.3, -0.25) is 0 Å². The number of rotatable bonds is 4. The number of benzene rings is 1. The molecule has 108 valence electrons. The van der Waals surface area contributed by atoms with Crippen LogP contribution in [0.3, 0.4) is 0 Å². The molecule has 0 spiro atoms. The van der Waals surface area contributed by atoms with Gasteiger partial charge in [0.25, 0.3) is 0 Å². The summed E-state index contributed by atoms with van der Waals surface area (Å²) in [4.78, 5) is 3.98. The molecule has 0 saturated carbocycles. The van der Waals surface area contributed by atoms with Crippen LogP contribution < -0.4 is 5.32 Å². The van der Waals surface area contributed by atoms with Crippen molar-refractivity contribution in [2.45, 2.75) is 19.5 Å². The number of alkyl halides is 3. The maximum absolute atomic E-state index is 12.8. The van der Waals surface area contributed by atoms with Gasteiger partial charge in [0.1, 0.15) is 0 Å². The Balaban J connectivity index is 2.06. The third-order valence-corrected chi connectivity index (χ3v) is 3.01. The minimum absolute atomic E-state index is 0.0205. The average molecular weight is 350 g/mol. The number of aromatic nitrogens is 2. The molecular weight excluding hydrogens is 339 g/mol. The molecule has 2 aromatic rings. The third-order valence-electron chi connectivity index (χ3n) is 2.52. The Morgan fingerprint density at radius 1 is 1.35 bits per heavy atom. The fraction of sp³-hybridized carbons (Fsp3) is 0.333. The Hall–Kier alpha value is -1.57. The first-order valence-electron chi connectivity index (χ1n) is 5.76. The number of aryl methyl sites for hydroxylation is 1. The van der Waals surface area contributed by atoms with Gasteiger partial charge in [-0.1, -0.05) is 21.1 Å². The molecule has 0 aliphatic carbocycles. The number of nitrogens with zero attached hydrogens (tertiary/aromatic N) is 2. The van der Waals surface area contributed by atoms with Crippen molar-refractivity contribution < 1.29 is 17.7 Å². The van der Waals surface area contributed by atoms with Crippen molar-refractivity contribution in [3.05, 3.63) is 40.0 Å². The molecule has 0 aliphatic heterocycles. The van der Waals surface area contributed by atoms with Crippen LogP contribution in [0.5, 0.6) is 0 Å². The SMILES string of the molecule is Cc1nc(CCNc2cc(Br)ccc2C(F)(F)F)no1. The summed E-state index contributed by atoms with van der Waals surface area (Å²) < 4.78 is 43.9. The van der Waals surface area contributed by atoms with E-state index in [1.54, 1.807) is 6.92 Å². The highest BCUT2D eigenvalue weighted by Gasteiger charge is 2.33.